The van der Waals surface area contributed by atoms with Crippen LogP contribution in [0.2, 0.25) is 0 Å². The van der Waals surface area contributed by atoms with Gasteiger partial charge in [0, 0.05) is 6.42 Å². The monoisotopic (exact) mass is 466 g/mol. The molecule has 0 radical (unpaired) electrons. The Bertz CT molecular complexity index is 666. The summed E-state index contributed by atoms with van der Waals surface area (Å²) in [6.07, 6.45) is -19.5. The number of alkyl halides is 10. The minimum absolute atomic E-state index is 0.167. The highest BCUT2D eigenvalue weighted by molar-refractivity contribution is 8.10. The lowest BCUT2D eigenvalue weighted by Gasteiger charge is -2.29. The fraction of sp³-hybridized carbons (Fsp3) is 1.00. The van der Waals surface area contributed by atoms with E-state index in [1.165, 1.54) is 6.92 Å². The Balaban J connectivity index is 6.72. The normalized spacial score (nSPS) is 16.6. The first-order chi connectivity index (χ1) is 11.6. The third kappa shape index (κ3) is 4.60. The number of aliphatic hydroxyl groups excluding tert-OH is 1. The van der Waals surface area contributed by atoms with E-state index in [-0.39, 0.29) is 6.42 Å². The molecule has 1 N–H and O–H groups in total. The number of halogens is 10. The van der Waals surface area contributed by atoms with Crippen LogP contribution in [0.3, 0.4) is 0 Å². The van der Waals surface area contributed by atoms with E-state index in [0.29, 0.717) is 0 Å². The second-order valence-electron chi connectivity index (χ2n) is 5.23. The summed E-state index contributed by atoms with van der Waals surface area (Å²) in [5.74, 6) is 0. The van der Waals surface area contributed by atoms with Crippen molar-refractivity contribution < 1.29 is 65.8 Å². The van der Waals surface area contributed by atoms with Gasteiger partial charge in [0.25, 0.3) is 0 Å². The molecule has 0 rings (SSSR count). The van der Waals surface area contributed by atoms with Crippen LogP contribution in [0.25, 0.3) is 0 Å². The van der Waals surface area contributed by atoms with Crippen molar-refractivity contribution in [2.45, 2.75) is 59.7 Å². The van der Waals surface area contributed by atoms with Crippen LogP contribution in [-0.2, 0) is 19.7 Å². The zero-order valence-corrected chi connectivity index (χ0v) is 14.6. The summed E-state index contributed by atoms with van der Waals surface area (Å²) in [5.41, 5.74) is 0. The van der Waals surface area contributed by atoms with E-state index in [4.69, 9.17) is 0 Å². The molecule has 0 aromatic rings. The fourth-order valence-electron chi connectivity index (χ4n) is 1.75. The summed E-state index contributed by atoms with van der Waals surface area (Å²) >= 11 is 0. The summed E-state index contributed by atoms with van der Waals surface area (Å²) in [7, 11) is -15.1. The van der Waals surface area contributed by atoms with Gasteiger partial charge in [-0.25, -0.2) is 16.8 Å². The standard InChI is InChI=1S/C10H12F10O5S2/c1-2-3-5(21)4-6(26(22,23)9(17,18)7(11,12)13)27(24,25)10(19,20)8(14,15)16/h5-6,21H,2-4H2,1H3. The summed E-state index contributed by atoms with van der Waals surface area (Å²) in [6, 6.07) is 0. The highest BCUT2D eigenvalue weighted by Crippen LogP contribution is 2.48. The third-order valence-corrected chi connectivity index (χ3v) is 8.34. The van der Waals surface area contributed by atoms with Crippen LogP contribution in [-0.4, -0.2) is 55.5 Å². The Kier molecular flexibility index (Phi) is 7.30. The molecule has 27 heavy (non-hydrogen) atoms. The Morgan fingerprint density at radius 2 is 1.04 bits per heavy atom. The highest BCUT2D eigenvalue weighted by atomic mass is 32.3. The zero-order chi connectivity index (χ0) is 22.3. The van der Waals surface area contributed by atoms with E-state index in [2.05, 4.69) is 0 Å². The summed E-state index contributed by atoms with van der Waals surface area (Å²) in [5, 5.41) is -4.66. The van der Waals surface area contributed by atoms with E-state index in [0.717, 1.165) is 0 Å². The van der Waals surface area contributed by atoms with Gasteiger partial charge in [-0.2, -0.15) is 43.9 Å². The van der Waals surface area contributed by atoms with E-state index in [9.17, 15) is 65.8 Å². The van der Waals surface area contributed by atoms with Crippen LogP contribution in [0.1, 0.15) is 26.2 Å². The summed E-state index contributed by atoms with van der Waals surface area (Å²) in [6.45, 7) is 1.22. The predicted molar refractivity (Wildman–Crippen MR) is 69.2 cm³/mol. The largest absolute Gasteiger partial charge is 0.469 e. The molecule has 17 heteroatoms. The molecule has 0 aliphatic rings. The molecular formula is C10H12F10O5S2. The molecule has 1 unspecified atom stereocenters. The van der Waals surface area contributed by atoms with E-state index in [1.807, 2.05) is 0 Å². The van der Waals surface area contributed by atoms with Crippen molar-refractivity contribution in [3.05, 3.63) is 0 Å². The quantitative estimate of drug-likeness (QED) is 0.556. The molecular weight excluding hydrogens is 454 g/mol. The van der Waals surface area contributed by atoms with E-state index >= 15 is 0 Å². The van der Waals surface area contributed by atoms with Crippen molar-refractivity contribution in [2.75, 3.05) is 0 Å². The predicted octanol–water partition coefficient (Wildman–Crippen LogP) is 3.00. The lowest BCUT2D eigenvalue weighted by atomic mass is 10.2. The van der Waals surface area contributed by atoms with E-state index in [1.54, 1.807) is 0 Å². The maximum absolute atomic E-state index is 13.2. The second-order valence-corrected chi connectivity index (χ2v) is 9.87. The first kappa shape index (κ1) is 26.2. The van der Waals surface area contributed by atoms with Crippen molar-refractivity contribution >= 4 is 19.7 Å². The third-order valence-electron chi connectivity index (χ3n) is 3.15. The minimum Gasteiger partial charge on any atom is -0.393 e. The Morgan fingerprint density at radius 3 is 1.26 bits per heavy atom. The molecule has 0 aromatic heterocycles. The molecule has 0 aliphatic carbocycles. The molecule has 0 fully saturated rings. The van der Waals surface area contributed by atoms with Crippen LogP contribution < -0.4 is 0 Å². The highest BCUT2D eigenvalue weighted by Gasteiger charge is 2.76. The number of rotatable bonds is 8. The molecule has 164 valence electrons. The van der Waals surface area contributed by atoms with Gasteiger partial charge in [0.2, 0.25) is 19.7 Å². The molecule has 5 nitrogen and oxygen atoms in total. The summed E-state index contributed by atoms with van der Waals surface area (Å²) < 4.78 is 168. The van der Waals surface area contributed by atoms with Crippen molar-refractivity contribution in [2.24, 2.45) is 0 Å². The molecule has 0 bridgehead atoms. The molecule has 0 saturated carbocycles. The maximum atomic E-state index is 13.2. The summed E-state index contributed by atoms with van der Waals surface area (Å²) in [4.78, 5) is 0. The van der Waals surface area contributed by atoms with Gasteiger partial charge in [-0.3, -0.25) is 0 Å². The maximum Gasteiger partial charge on any atom is 0.469 e. The van der Waals surface area contributed by atoms with Crippen LogP contribution in [0, 0.1) is 0 Å². The van der Waals surface area contributed by atoms with Crippen LogP contribution in [0.4, 0.5) is 43.9 Å². The van der Waals surface area contributed by atoms with Gasteiger partial charge in [-0.05, 0) is 6.42 Å². The van der Waals surface area contributed by atoms with Gasteiger partial charge in [0.15, 0.2) is 4.58 Å². The van der Waals surface area contributed by atoms with Crippen LogP contribution >= 0.6 is 0 Å². The minimum atomic E-state index is -7.56. The molecule has 0 amide bonds. The molecule has 0 saturated heterocycles. The van der Waals surface area contributed by atoms with Gasteiger partial charge >= 0.3 is 22.9 Å². The molecule has 0 aromatic carbocycles. The number of hydrogen-bond acceptors (Lipinski definition) is 5. The van der Waals surface area contributed by atoms with Crippen molar-refractivity contribution in [3.8, 4) is 0 Å². The molecule has 0 heterocycles. The Labute approximate surface area is 146 Å². The topological polar surface area (TPSA) is 88.5 Å². The number of aliphatic hydroxyl groups is 1. The Hall–Kier alpha value is -0.840. The number of hydrogen-bond donors (Lipinski definition) is 1. The zero-order valence-electron chi connectivity index (χ0n) is 13.0. The van der Waals surface area contributed by atoms with Gasteiger partial charge in [-0.15, -0.1) is 0 Å². The van der Waals surface area contributed by atoms with Crippen LogP contribution in [0.5, 0.6) is 0 Å². The van der Waals surface area contributed by atoms with Crippen molar-refractivity contribution in [3.63, 3.8) is 0 Å². The molecule has 0 spiro atoms. The van der Waals surface area contributed by atoms with Gasteiger partial charge < -0.3 is 5.11 Å². The van der Waals surface area contributed by atoms with E-state index < -0.39 is 66.1 Å². The fourth-order valence-corrected chi connectivity index (χ4v) is 6.06. The Morgan fingerprint density at radius 1 is 0.741 bits per heavy atom. The lowest BCUT2D eigenvalue weighted by molar-refractivity contribution is -0.242. The molecule has 0 aliphatic heterocycles. The first-order valence-electron chi connectivity index (χ1n) is 6.63. The lowest BCUT2D eigenvalue weighted by Crippen LogP contribution is -2.56. The average molecular weight is 466 g/mol. The number of sulfone groups is 2. The second kappa shape index (κ2) is 7.53. The smallest absolute Gasteiger partial charge is 0.393 e. The molecule has 1 atom stereocenters. The van der Waals surface area contributed by atoms with Crippen molar-refractivity contribution in [1.29, 1.82) is 0 Å². The van der Waals surface area contributed by atoms with Crippen molar-refractivity contribution in [1.82, 2.24) is 0 Å². The van der Waals surface area contributed by atoms with Gasteiger partial charge in [-0.1, -0.05) is 13.3 Å². The SMILES string of the molecule is CCCC(O)CC(S(=O)(=O)C(F)(F)C(F)(F)F)S(=O)(=O)C(F)(F)C(F)(F)F. The van der Waals surface area contributed by atoms with Crippen LogP contribution in [0.15, 0.2) is 0 Å². The van der Waals surface area contributed by atoms with Gasteiger partial charge in [0.1, 0.15) is 0 Å². The first-order valence-corrected chi connectivity index (χ1v) is 9.72. The average Bonchev–Trinajstić information content (AvgIpc) is 2.41. The van der Waals surface area contributed by atoms with Gasteiger partial charge in [0.05, 0.1) is 6.10 Å².